The number of benzene rings is 1. The van der Waals surface area contributed by atoms with Gasteiger partial charge in [0.2, 0.25) is 5.91 Å². The number of amides is 2. The highest BCUT2D eigenvalue weighted by Crippen LogP contribution is 2.14. The monoisotopic (exact) mass is 237 g/mol. The molecule has 0 aliphatic carbocycles. The van der Waals surface area contributed by atoms with Gasteiger partial charge in [-0.2, -0.15) is 0 Å². The van der Waals surface area contributed by atoms with Gasteiger partial charge >= 0.3 is 0 Å². The summed E-state index contributed by atoms with van der Waals surface area (Å²) in [6.45, 7) is 2.28. The van der Waals surface area contributed by atoms with E-state index < -0.39 is 11.8 Å². The second kappa shape index (κ2) is 6.49. The first kappa shape index (κ1) is 13.0. The fraction of sp³-hybridized carbons (Fsp3) is 0.273. The van der Waals surface area contributed by atoms with Crippen LogP contribution in [0.3, 0.4) is 0 Å². The van der Waals surface area contributed by atoms with Gasteiger partial charge in [0.05, 0.1) is 5.56 Å². The molecule has 0 heterocycles. The lowest BCUT2D eigenvalue weighted by molar-refractivity contribution is -0.124. The third-order valence-corrected chi connectivity index (χ3v) is 1.92. The van der Waals surface area contributed by atoms with Crippen molar-refractivity contribution in [3.63, 3.8) is 0 Å². The number of nitrogens with two attached hydrogens (primary N) is 1. The molecule has 92 valence electrons. The SMILES string of the molecule is CCNc1ccccc1C(=O)NOCC(N)=O. The van der Waals surface area contributed by atoms with E-state index in [1.165, 1.54) is 0 Å². The summed E-state index contributed by atoms with van der Waals surface area (Å²) in [6, 6.07) is 7.00. The van der Waals surface area contributed by atoms with Gasteiger partial charge in [-0.25, -0.2) is 5.48 Å². The summed E-state index contributed by atoms with van der Waals surface area (Å²) < 4.78 is 0. The lowest BCUT2D eigenvalue weighted by atomic mass is 10.1. The topological polar surface area (TPSA) is 93.4 Å². The van der Waals surface area contributed by atoms with Gasteiger partial charge in [0.1, 0.15) is 0 Å². The van der Waals surface area contributed by atoms with Crippen LogP contribution < -0.4 is 16.5 Å². The number of nitrogens with one attached hydrogen (secondary N) is 2. The number of para-hydroxylation sites is 1. The summed E-state index contributed by atoms with van der Waals surface area (Å²) in [6.07, 6.45) is 0. The molecule has 0 aliphatic heterocycles. The number of carbonyl (C=O) groups is 2. The van der Waals surface area contributed by atoms with Crippen LogP contribution in [0.1, 0.15) is 17.3 Å². The molecule has 1 aromatic rings. The second-order valence-electron chi connectivity index (χ2n) is 3.26. The fourth-order valence-electron chi connectivity index (χ4n) is 1.25. The molecule has 0 saturated heterocycles. The molecule has 0 unspecified atom stereocenters. The van der Waals surface area contributed by atoms with Crippen LogP contribution in [0.2, 0.25) is 0 Å². The van der Waals surface area contributed by atoms with Crippen molar-refractivity contribution < 1.29 is 14.4 Å². The molecule has 0 aliphatic rings. The van der Waals surface area contributed by atoms with Gasteiger partial charge < -0.3 is 11.1 Å². The van der Waals surface area contributed by atoms with Gasteiger partial charge in [0.15, 0.2) is 6.61 Å². The highest BCUT2D eigenvalue weighted by molar-refractivity contribution is 5.99. The van der Waals surface area contributed by atoms with E-state index >= 15 is 0 Å². The molecule has 0 saturated carbocycles. The van der Waals surface area contributed by atoms with Gasteiger partial charge in [0.25, 0.3) is 5.91 Å². The Morgan fingerprint density at radius 3 is 2.71 bits per heavy atom. The van der Waals surface area contributed by atoms with E-state index in [9.17, 15) is 9.59 Å². The molecule has 2 amide bonds. The number of anilines is 1. The fourth-order valence-corrected chi connectivity index (χ4v) is 1.25. The Bertz CT molecular complexity index is 407. The number of carbonyl (C=O) groups excluding carboxylic acids is 2. The Kier molecular flexibility index (Phi) is 4.96. The molecule has 6 nitrogen and oxygen atoms in total. The van der Waals surface area contributed by atoms with Gasteiger partial charge in [-0.15, -0.1) is 0 Å². The third kappa shape index (κ3) is 4.12. The maximum Gasteiger partial charge on any atom is 0.276 e. The summed E-state index contributed by atoms with van der Waals surface area (Å²) in [5.74, 6) is -1.08. The minimum absolute atomic E-state index is 0.352. The summed E-state index contributed by atoms with van der Waals surface area (Å²) >= 11 is 0. The number of rotatable bonds is 6. The zero-order valence-electron chi connectivity index (χ0n) is 9.53. The Morgan fingerprint density at radius 1 is 1.35 bits per heavy atom. The van der Waals surface area contributed by atoms with E-state index in [2.05, 4.69) is 15.6 Å². The molecule has 0 fully saturated rings. The Balaban J connectivity index is 2.64. The van der Waals surface area contributed by atoms with Crippen molar-refractivity contribution >= 4 is 17.5 Å². The number of primary amides is 1. The largest absolute Gasteiger partial charge is 0.385 e. The van der Waals surface area contributed by atoms with Crippen LogP contribution in [0, 0.1) is 0 Å². The van der Waals surface area contributed by atoms with Crippen molar-refractivity contribution in [3.8, 4) is 0 Å². The summed E-state index contributed by atoms with van der Waals surface area (Å²) in [7, 11) is 0. The number of hydroxylamine groups is 1. The Morgan fingerprint density at radius 2 is 2.06 bits per heavy atom. The molecule has 1 rings (SSSR count). The van der Waals surface area contributed by atoms with Crippen LogP contribution in [0.4, 0.5) is 5.69 Å². The van der Waals surface area contributed by atoms with E-state index in [1.807, 2.05) is 13.0 Å². The summed E-state index contributed by atoms with van der Waals surface area (Å²) in [5.41, 5.74) is 8.16. The molecule has 0 atom stereocenters. The first-order valence-electron chi connectivity index (χ1n) is 5.18. The molecule has 1 aromatic carbocycles. The average molecular weight is 237 g/mol. The van der Waals surface area contributed by atoms with Gasteiger partial charge in [-0.05, 0) is 19.1 Å². The van der Waals surface area contributed by atoms with E-state index in [0.29, 0.717) is 17.8 Å². The molecule has 0 aromatic heterocycles. The van der Waals surface area contributed by atoms with Crippen molar-refractivity contribution in [1.82, 2.24) is 5.48 Å². The zero-order valence-corrected chi connectivity index (χ0v) is 9.53. The quantitative estimate of drug-likeness (QED) is 0.619. The highest BCUT2D eigenvalue weighted by Gasteiger charge is 2.10. The van der Waals surface area contributed by atoms with E-state index in [-0.39, 0.29) is 6.61 Å². The first-order chi connectivity index (χ1) is 8.15. The average Bonchev–Trinajstić information content (AvgIpc) is 2.29. The van der Waals surface area contributed by atoms with Crippen LogP contribution in [-0.2, 0) is 9.63 Å². The van der Waals surface area contributed by atoms with E-state index in [4.69, 9.17) is 5.73 Å². The maximum atomic E-state index is 11.7. The molecular weight excluding hydrogens is 222 g/mol. The van der Waals surface area contributed by atoms with Crippen molar-refractivity contribution in [2.75, 3.05) is 18.5 Å². The second-order valence-corrected chi connectivity index (χ2v) is 3.26. The molecular formula is C11H15N3O3. The molecule has 17 heavy (non-hydrogen) atoms. The van der Waals surface area contributed by atoms with Crippen LogP contribution in [-0.4, -0.2) is 25.0 Å². The van der Waals surface area contributed by atoms with Crippen LogP contribution in [0.25, 0.3) is 0 Å². The first-order valence-corrected chi connectivity index (χ1v) is 5.18. The van der Waals surface area contributed by atoms with Crippen LogP contribution >= 0.6 is 0 Å². The van der Waals surface area contributed by atoms with Crippen LogP contribution in [0.15, 0.2) is 24.3 Å². The smallest absolute Gasteiger partial charge is 0.276 e. The number of hydrogen-bond donors (Lipinski definition) is 3. The van der Waals surface area contributed by atoms with Gasteiger partial charge in [0, 0.05) is 12.2 Å². The third-order valence-electron chi connectivity index (χ3n) is 1.92. The lowest BCUT2D eigenvalue weighted by Gasteiger charge is -2.10. The standard InChI is InChI=1S/C11H15N3O3/c1-2-13-9-6-4-3-5-8(9)11(16)14-17-7-10(12)15/h3-6,13H,2,7H2,1H3,(H2,12,15)(H,14,16). The molecule has 0 spiro atoms. The molecule has 6 heteroatoms. The van der Waals surface area contributed by atoms with Crippen molar-refractivity contribution in [1.29, 1.82) is 0 Å². The molecule has 0 bridgehead atoms. The number of hydrogen-bond acceptors (Lipinski definition) is 4. The summed E-state index contributed by atoms with van der Waals surface area (Å²) in [5, 5.41) is 3.05. The van der Waals surface area contributed by atoms with E-state index in [0.717, 1.165) is 0 Å². The predicted molar refractivity (Wildman–Crippen MR) is 63.2 cm³/mol. The normalized spacial score (nSPS) is 9.71. The van der Waals surface area contributed by atoms with Crippen LogP contribution in [0.5, 0.6) is 0 Å². The molecule has 4 N–H and O–H groups in total. The zero-order chi connectivity index (χ0) is 12.7. The Labute approximate surface area is 99.1 Å². The van der Waals surface area contributed by atoms with E-state index in [1.54, 1.807) is 18.2 Å². The maximum absolute atomic E-state index is 11.7. The molecule has 0 radical (unpaired) electrons. The predicted octanol–water partition coefficient (Wildman–Crippen LogP) is 0.265. The van der Waals surface area contributed by atoms with Crippen molar-refractivity contribution in [2.45, 2.75) is 6.92 Å². The van der Waals surface area contributed by atoms with Gasteiger partial charge in [-0.1, -0.05) is 12.1 Å². The van der Waals surface area contributed by atoms with Crippen molar-refractivity contribution in [3.05, 3.63) is 29.8 Å². The van der Waals surface area contributed by atoms with Crippen molar-refractivity contribution in [2.24, 2.45) is 5.73 Å². The lowest BCUT2D eigenvalue weighted by Crippen LogP contribution is -2.29. The highest BCUT2D eigenvalue weighted by atomic mass is 16.7. The van der Waals surface area contributed by atoms with Gasteiger partial charge in [-0.3, -0.25) is 14.4 Å². The minimum atomic E-state index is -0.648. The Hall–Kier alpha value is -2.08. The minimum Gasteiger partial charge on any atom is -0.385 e. The summed E-state index contributed by atoms with van der Waals surface area (Å²) in [4.78, 5) is 26.8.